The monoisotopic (exact) mass is 211 g/mol. The van der Waals surface area contributed by atoms with Gasteiger partial charge in [-0.15, -0.1) is 4.91 Å². The van der Waals surface area contributed by atoms with Crippen LogP contribution >= 0.6 is 0 Å². The van der Waals surface area contributed by atoms with Crippen LogP contribution in [-0.2, 0) is 16.2 Å². The second-order valence-corrected chi connectivity index (χ2v) is 2.55. The number of nitrogens with zero attached hydrogens (tertiary/aromatic N) is 1. The molecule has 0 spiro atoms. The number of carbonyl (C=O) groups is 1. The van der Waals surface area contributed by atoms with Crippen molar-refractivity contribution in [2.24, 2.45) is 5.34 Å². The molecule has 80 valence electrons. The van der Waals surface area contributed by atoms with Crippen LogP contribution in [0.1, 0.15) is 5.56 Å². The Morgan fingerprint density at radius 1 is 1.33 bits per heavy atom. The molecule has 1 aromatic carbocycles. The topological polar surface area (TPSA) is 74.2 Å². The van der Waals surface area contributed by atoms with Crippen molar-refractivity contribution in [2.45, 2.75) is 6.61 Å². The van der Waals surface area contributed by atoms with Crippen LogP contribution in [0.3, 0.4) is 0 Å². The van der Waals surface area contributed by atoms with E-state index in [-0.39, 0.29) is 6.61 Å². The van der Waals surface area contributed by atoms with Gasteiger partial charge in [-0.05, 0) is 17.7 Å². The fraction of sp³-hybridized carbons (Fsp3) is 0.222. The van der Waals surface area contributed by atoms with E-state index in [1.807, 2.05) is 5.34 Å². The van der Waals surface area contributed by atoms with Gasteiger partial charge in [-0.1, -0.05) is 12.1 Å². The lowest BCUT2D eigenvalue weighted by Crippen LogP contribution is -2.03. The average Bonchev–Trinajstić information content (AvgIpc) is 2.27. The third-order valence-corrected chi connectivity index (χ3v) is 1.63. The summed E-state index contributed by atoms with van der Waals surface area (Å²) in [4.78, 5) is 23.8. The number of hydrogen-bond donors (Lipinski definition) is 0. The van der Waals surface area contributed by atoms with Crippen LogP contribution in [0, 0.1) is 4.91 Å². The molecule has 0 atom stereocenters. The van der Waals surface area contributed by atoms with E-state index < -0.39 is 6.16 Å². The van der Waals surface area contributed by atoms with Crippen LogP contribution in [0.2, 0.25) is 0 Å². The largest absolute Gasteiger partial charge is 0.537 e. The highest BCUT2D eigenvalue weighted by molar-refractivity contribution is 5.59. The molecule has 15 heavy (non-hydrogen) atoms. The van der Waals surface area contributed by atoms with E-state index in [1.165, 1.54) is 0 Å². The van der Waals surface area contributed by atoms with E-state index >= 15 is 0 Å². The highest BCUT2D eigenvalue weighted by Gasteiger charge is 2.04. The lowest BCUT2D eigenvalue weighted by molar-refractivity contribution is 0.0505. The minimum atomic E-state index is -1.12. The van der Waals surface area contributed by atoms with Crippen molar-refractivity contribution in [3.05, 3.63) is 34.7 Å². The van der Waals surface area contributed by atoms with Crippen molar-refractivity contribution in [2.75, 3.05) is 7.11 Å². The first-order valence-electron chi connectivity index (χ1n) is 4.05. The number of ether oxygens (including phenoxy) is 2. The lowest BCUT2D eigenvalue weighted by atomic mass is 10.2. The quantitative estimate of drug-likeness (QED) is 0.432. The zero-order valence-corrected chi connectivity index (χ0v) is 8.00. The van der Waals surface area contributed by atoms with Crippen LogP contribution in [0.25, 0.3) is 0 Å². The molecule has 0 aliphatic heterocycles. The summed E-state index contributed by atoms with van der Waals surface area (Å²) in [7, 11) is 1.55. The van der Waals surface area contributed by atoms with Crippen LogP contribution in [0.15, 0.2) is 29.6 Å². The molecule has 1 aromatic rings. The number of methoxy groups -OCH3 is 1. The fourth-order valence-corrected chi connectivity index (χ4v) is 0.921. The van der Waals surface area contributed by atoms with E-state index in [9.17, 15) is 9.70 Å². The zero-order valence-electron chi connectivity index (χ0n) is 8.00. The molecular formula is C9H9NO5. The van der Waals surface area contributed by atoms with E-state index in [0.717, 1.165) is 5.56 Å². The molecule has 0 radical (unpaired) electrons. The van der Waals surface area contributed by atoms with Crippen LogP contribution in [0.4, 0.5) is 4.79 Å². The van der Waals surface area contributed by atoms with Gasteiger partial charge in [0.1, 0.15) is 12.4 Å². The molecule has 0 aliphatic rings. The SMILES string of the molecule is COc1ccc(COC(=O)ON=O)cc1. The third kappa shape index (κ3) is 3.63. The molecule has 0 heterocycles. The van der Waals surface area contributed by atoms with Crippen molar-refractivity contribution in [3.63, 3.8) is 0 Å². The molecule has 0 saturated carbocycles. The van der Waals surface area contributed by atoms with Gasteiger partial charge >= 0.3 is 6.16 Å². The highest BCUT2D eigenvalue weighted by atomic mass is 16.8. The predicted molar refractivity (Wildman–Crippen MR) is 50.1 cm³/mol. The summed E-state index contributed by atoms with van der Waals surface area (Å²) < 4.78 is 9.49. The molecule has 0 unspecified atom stereocenters. The van der Waals surface area contributed by atoms with Crippen LogP contribution in [0.5, 0.6) is 5.75 Å². The maximum atomic E-state index is 10.6. The summed E-state index contributed by atoms with van der Waals surface area (Å²) in [6, 6.07) is 6.89. The maximum absolute atomic E-state index is 10.6. The van der Waals surface area contributed by atoms with Gasteiger partial charge in [-0.25, -0.2) is 9.63 Å². The summed E-state index contributed by atoms with van der Waals surface area (Å²) in [5.74, 6) is 0.705. The normalized spacial score (nSPS) is 9.13. The molecule has 0 aromatic heterocycles. The first-order chi connectivity index (χ1) is 7.26. The van der Waals surface area contributed by atoms with Crippen molar-refractivity contribution >= 4 is 6.16 Å². The Kier molecular flexibility index (Phi) is 4.08. The molecule has 6 nitrogen and oxygen atoms in total. The molecule has 0 N–H and O–H groups in total. The standard InChI is InChI=1S/C9H9NO5/c1-13-8-4-2-7(3-5-8)6-14-9(11)15-10-12/h2-5H,6H2,1H3. The van der Waals surface area contributed by atoms with E-state index in [0.29, 0.717) is 5.75 Å². The average molecular weight is 211 g/mol. The molecule has 0 saturated heterocycles. The van der Waals surface area contributed by atoms with Gasteiger partial charge in [-0.3, -0.25) is 0 Å². The molecule has 0 fully saturated rings. The zero-order chi connectivity index (χ0) is 11.1. The summed E-state index contributed by atoms with van der Waals surface area (Å²) in [5.41, 5.74) is 0.749. The Balaban J connectivity index is 2.43. The third-order valence-electron chi connectivity index (χ3n) is 1.63. The molecule has 0 bridgehead atoms. The highest BCUT2D eigenvalue weighted by Crippen LogP contribution is 2.12. The first-order valence-corrected chi connectivity index (χ1v) is 4.05. The van der Waals surface area contributed by atoms with Gasteiger partial charge in [0.15, 0.2) is 5.34 Å². The van der Waals surface area contributed by atoms with Gasteiger partial charge in [-0.2, -0.15) is 0 Å². The summed E-state index contributed by atoms with van der Waals surface area (Å²) in [5, 5.41) is 1.93. The first kappa shape index (κ1) is 11.0. The number of hydrogen-bond acceptors (Lipinski definition) is 6. The predicted octanol–water partition coefficient (Wildman–Crippen LogP) is 2.03. The van der Waals surface area contributed by atoms with Crippen molar-refractivity contribution < 1.29 is 19.1 Å². The van der Waals surface area contributed by atoms with Gasteiger partial charge in [0.05, 0.1) is 7.11 Å². The summed E-state index contributed by atoms with van der Waals surface area (Å²) in [6.45, 7) is 0.0122. The second-order valence-electron chi connectivity index (χ2n) is 2.55. The Morgan fingerprint density at radius 3 is 2.53 bits per heavy atom. The van der Waals surface area contributed by atoms with E-state index in [4.69, 9.17) is 4.74 Å². The maximum Gasteiger partial charge on any atom is 0.537 e. The smallest absolute Gasteiger partial charge is 0.497 e. The van der Waals surface area contributed by atoms with Crippen LogP contribution < -0.4 is 4.74 Å². The Bertz CT molecular complexity index is 335. The van der Waals surface area contributed by atoms with Gasteiger partial charge in [0.2, 0.25) is 0 Å². The Hall–Kier alpha value is -2.11. The fourth-order valence-electron chi connectivity index (χ4n) is 0.921. The molecule has 6 heteroatoms. The number of benzene rings is 1. The van der Waals surface area contributed by atoms with E-state index in [2.05, 4.69) is 9.57 Å². The Labute approximate surface area is 85.7 Å². The minimum absolute atomic E-state index is 0.0122. The molecule has 1 rings (SSSR count). The van der Waals surface area contributed by atoms with Crippen molar-refractivity contribution in [1.29, 1.82) is 0 Å². The molecule has 0 amide bonds. The molecular weight excluding hydrogens is 202 g/mol. The van der Waals surface area contributed by atoms with Crippen LogP contribution in [-0.4, -0.2) is 13.3 Å². The van der Waals surface area contributed by atoms with Gasteiger partial charge in [0, 0.05) is 0 Å². The lowest BCUT2D eigenvalue weighted by Gasteiger charge is -2.03. The summed E-state index contributed by atoms with van der Waals surface area (Å²) in [6.07, 6.45) is -1.12. The van der Waals surface area contributed by atoms with Crippen molar-refractivity contribution in [1.82, 2.24) is 0 Å². The molecule has 0 aliphatic carbocycles. The summed E-state index contributed by atoms with van der Waals surface area (Å²) >= 11 is 0. The number of carbonyl (C=O) groups excluding carboxylic acids is 1. The number of rotatable bonds is 4. The van der Waals surface area contributed by atoms with E-state index in [1.54, 1.807) is 31.4 Å². The van der Waals surface area contributed by atoms with Gasteiger partial charge < -0.3 is 9.47 Å². The second kappa shape index (κ2) is 5.58. The minimum Gasteiger partial charge on any atom is -0.497 e. The van der Waals surface area contributed by atoms with Crippen molar-refractivity contribution in [3.8, 4) is 5.75 Å². The van der Waals surface area contributed by atoms with Gasteiger partial charge in [0.25, 0.3) is 0 Å². The Morgan fingerprint density at radius 2 is 2.00 bits per heavy atom.